The highest BCUT2D eigenvalue weighted by atomic mass is 32.2. The van der Waals surface area contributed by atoms with E-state index in [0.29, 0.717) is 18.0 Å². The van der Waals surface area contributed by atoms with Crippen molar-refractivity contribution in [2.45, 2.75) is 31.8 Å². The summed E-state index contributed by atoms with van der Waals surface area (Å²) in [7, 11) is -3.22. The quantitative estimate of drug-likeness (QED) is 0.504. The molecule has 1 saturated heterocycles. The minimum absolute atomic E-state index is 0.366. The van der Waals surface area contributed by atoms with Gasteiger partial charge >= 0.3 is 0 Å². The molecule has 3 rings (SSSR count). The molecule has 0 aromatic heterocycles. The summed E-state index contributed by atoms with van der Waals surface area (Å²) < 4.78 is 29.1. The molecule has 7 nitrogen and oxygen atoms in total. The monoisotopic (exact) mass is 444 g/mol. The van der Waals surface area contributed by atoms with Gasteiger partial charge in [0.15, 0.2) is 15.8 Å². The fourth-order valence-corrected chi connectivity index (χ4v) is 4.65. The first-order valence-corrected chi connectivity index (χ1v) is 12.5. The van der Waals surface area contributed by atoms with E-state index < -0.39 is 9.84 Å². The van der Waals surface area contributed by atoms with E-state index in [2.05, 4.69) is 44.8 Å². The standard InChI is InChI=1S/C23H32N4O3S/c1-4-24-23(25-16-19-9-10-22(18(2)15-19)31(3,28)29)26-17-20-7-5-6-8-21(20)27-11-13-30-14-12-27/h5-10,15H,4,11-14,16-17H2,1-3H3,(H2,24,25,26). The normalized spacial score (nSPS) is 15.1. The molecule has 0 aliphatic carbocycles. The molecule has 0 unspecified atom stereocenters. The van der Waals surface area contributed by atoms with Crippen LogP contribution in [0.1, 0.15) is 23.6 Å². The predicted octanol–water partition coefficient (Wildman–Crippen LogP) is 2.49. The highest BCUT2D eigenvalue weighted by molar-refractivity contribution is 7.90. The molecule has 0 spiro atoms. The second kappa shape index (κ2) is 10.6. The fourth-order valence-electron chi connectivity index (χ4n) is 3.69. The number of nitrogens with one attached hydrogen (secondary N) is 2. The fraction of sp³-hybridized carbons (Fsp3) is 0.435. The molecule has 2 aromatic carbocycles. The van der Waals surface area contributed by atoms with E-state index in [0.717, 1.165) is 49.9 Å². The summed E-state index contributed by atoms with van der Waals surface area (Å²) in [4.78, 5) is 7.41. The highest BCUT2D eigenvalue weighted by Crippen LogP contribution is 2.21. The highest BCUT2D eigenvalue weighted by Gasteiger charge is 2.14. The molecular formula is C23H32N4O3S. The Kier molecular flexibility index (Phi) is 7.92. The van der Waals surface area contributed by atoms with Crippen LogP contribution in [0.2, 0.25) is 0 Å². The average molecular weight is 445 g/mol. The molecule has 0 radical (unpaired) electrons. The van der Waals surface area contributed by atoms with E-state index in [-0.39, 0.29) is 0 Å². The van der Waals surface area contributed by atoms with Gasteiger partial charge in [0, 0.05) is 38.1 Å². The Morgan fingerprint density at radius 1 is 1.13 bits per heavy atom. The van der Waals surface area contributed by atoms with Gasteiger partial charge in [-0.15, -0.1) is 0 Å². The van der Waals surface area contributed by atoms with E-state index in [1.54, 1.807) is 6.07 Å². The molecule has 0 bridgehead atoms. The maximum Gasteiger partial charge on any atom is 0.191 e. The molecule has 0 saturated carbocycles. The van der Waals surface area contributed by atoms with Crippen LogP contribution >= 0.6 is 0 Å². The summed E-state index contributed by atoms with van der Waals surface area (Å²) in [5.41, 5.74) is 4.15. The van der Waals surface area contributed by atoms with Gasteiger partial charge in [0.1, 0.15) is 0 Å². The van der Waals surface area contributed by atoms with Crippen molar-refractivity contribution in [3.63, 3.8) is 0 Å². The van der Waals surface area contributed by atoms with E-state index >= 15 is 0 Å². The van der Waals surface area contributed by atoms with Gasteiger partial charge in [-0.1, -0.05) is 30.3 Å². The topological polar surface area (TPSA) is 83.0 Å². The zero-order valence-electron chi connectivity index (χ0n) is 18.5. The second-order valence-electron chi connectivity index (χ2n) is 7.65. The molecule has 2 aromatic rings. The van der Waals surface area contributed by atoms with Gasteiger partial charge < -0.3 is 20.3 Å². The Morgan fingerprint density at radius 2 is 1.87 bits per heavy atom. The van der Waals surface area contributed by atoms with Crippen LogP contribution in [0.15, 0.2) is 52.4 Å². The molecule has 168 valence electrons. The third-order valence-corrected chi connectivity index (χ3v) is 6.45. The minimum atomic E-state index is -3.22. The number of benzene rings is 2. The molecule has 1 aliphatic heterocycles. The van der Waals surface area contributed by atoms with E-state index in [4.69, 9.17) is 4.74 Å². The number of nitrogens with zero attached hydrogens (tertiary/aromatic N) is 2. The summed E-state index contributed by atoms with van der Waals surface area (Å²) in [6.45, 7) is 9.02. The molecule has 2 N–H and O–H groups in total. The lowest BCUT2D eigenvalue weighted by atomic mass is 10.1. The number of guanidine groups is 1. The Balaban J connectivity index is 1.69. The summed E-state index contributed by atoms with van der Waals surface area (Å²) in [5.74, 6) is 0.726. The number of hydrogen-bond donors (Lipinski definition) is 2. The van der Waals surface area contributed by atoms with Crippen LogP contribution in [-0.2, 0) is 27.7 Å². The zero-order chi connectivity index (χ0) is 22.3. The first kappa shape index (κ1) is 23.1. The number of rotatable bonds is 7. The lowest BCUT2D eigenvalue weighted by molar-refractivity contribution is 0.122. The van der Waals surface area contributed by atoms with Gasteiger partial charge in [-0.05, 0) is 42.7 Å². The van der Waals surface area contributed by atoms with Crippen molar-refractivity contribution >= 4 is 21.5 Å². The van der Waals surface area contributed by atoms with E-state index in [1.165, 1.54) is 17.5 Å². The number of para-hydroxylation sites is 1. The van der Waals surface area contributed by atoms with Crippen molar-refractivity contribution in [3.05, 3.63) is 59.2 Å². The smallest absolute Gasteiger partial charge is 0.191 e. The number of hydrogen-bond acceptors (Lipinski definition) is 5. The molecule has 1 aliphatic rings. The first-order valence-electron chi connectivity index (χ1n) is 10.6. The number of aryl methyl sites for hydroxylation is 1. The minimum Gasteiger partial charge on any atom is -0.378 e. The Bertz CT molecular complexity index is 1020. The van der Waals surface area contributed by atoms with Gasteiger partial charge in [-0.25, -0.2) is 13.4 Å². The van der Waals surface area contributed by atoms with Crippen molar-refractivity contribution in [2.75, 3.05) is 44.0 Å². The number of anilines is 1. The van der Waals surface area contributed by atoms with E-state index in [9.17, 15) is 8.42 Å². The predicted molar refractivity (Wildman–Crippen MR) is 125 cm³/mol. The lowest BCUT2D eigenvalue weighted by Crippen LogP contribution is -2.39. The van der Waals surface area contributed by atoms with Crippen molar-refractivity contribution < 1.29 is 13.2 Å². The van der Waals surface area contributed by atoms with Crippen molar-refractivity contribution in [1.29, 1.82) is 0 Å². The molecule has 8 heteroatoms. The average Bonchev–Trinajstić information content (AvgIpc) is 2.75. The van der Waals surface area contributed by atoms with Crippen LogP contribution < -0.4 is 15.5 Å². The van der Waals surface area contributed by atoms with Crippen LogP contribution in [0.4, 0.5) is 5.69 Å². The number of sulfone groups is 1. The third-order valence-electron chi connectivity index (χ3n) is 5.19. The van der Waals surface area contributed by atoms with Gasteiger partial charge in [0.2, 0.25) is 0 Å². The number of aliphatic imine (C=N–C) groups is 1. The maximum absolute atomic E-state index is 11.8. The first-order chi connectivity index (χ1) is 14.9. The van der Waals surface area contributed by atoms with E-state index in [1.807, 2.05) is 26.0 Å². The molecule has 1 fully saturated rings. The van der Waals surface area contributed by atoms with Gasteiger partial charge in [-0.2, -0.15) is 0 Å². The molecule has 1 heterocycles. The van der Waals surface area contributed by atoms with Crippen LogP contribution in [0.3, 0.4) is 0 Å². The van der Waals surface area contributed by atoms with Crippen LogP contribution in [-0.4, -0.2) is 53.5 Å². The van der Waals surface area contributed by atoms with Crippen LogP contribution in [0.5, 0.6) is 0 Å². The summed E-state index contributed by atoms with van der Waals surface area (Å²) >= 11 is 0. The van der Waals surface area contributed by atoms with Gasteiger partial charge in [-0.3, -0.25) is 0 Å². The summed E-state index contributed by atoms with van der Waals surface area (Å²) in [6, 6.07) is 13.8. The van der Waals surface area contributed by atoms with Gasteiger partial charge in [0.05, 0.1) is 24.7 Å². The second-order valence-corrected chi connectivity index (χ2v) is 9.63. The maximum atomic E-state index is 11.8. The Labute approximate surface area is 185 Å². The van der Waals surface area contributed by atoms with Crippen LogP contribution in [0, 0.1) is 6.92 Å². The Morgan fingerprint density at radius 3 is 2.55 bits per heavy atom. The van der Waals surface area contributed by atoms with Crippen molar-refractivity contribution in [3.8, 4) is 0 Å². The molecule has 0 amide bonds. The van der Waals surface area contributed by atoms with Crippen molar-refractivity contribution in [2.24, 2.45) is 4.99 Å². The SMILES string of the molecule is CCNC(=NCc1ccc(S(C)(=O)=O)c(C)c1)NCc1ccccc1N1CCOCC1. The zero-order valence-corrected chi connectivity index (χ0v) is 19.3. The summed E-state index contributed by atoms with van der Waals surface area (Å²) in [5, 5.41) is 6.70. The number of morpholine rings is 1. The van der Waals surface area contributed by atoms with Gasteiger partial charge in [0.25, 0.3) is 0 Å². The van der Waals surface area contributed by atoms with Crippen LogP contribution in [0.25, 0.3) is 0 Å². The molecular weight excluding hydrogens is 412 g/mol. The molecule has 0 atom stereocenters. The Hall–Kier alpha value is -2.58. The number of ether oxygens (including phenoxy) is 1. The third kappa shape index (κ3) is 6.45. The largest absolute Gasteiger partial charge is 0.378 e. The van der Waals surface area contributed by atoms with Crippen molar-refractivity contribution in [1.82, 2.24) is 10.6 Å². The lowest BCUT2D eigenvalue weighted by Gasteiger charge is -2.30. The molecule has 31 heavy (non-hydrogen) atoms. The summed E-state index contributed by atoms with van der Waals surface area (Å²) in [6.07, 6.45) is 1.23.